The number of aromatic nitrogens is 2. The monoisotopic (exact) mass is 968 g/mol. The van der Waals surface area contributed by atoms with E-state index in [9.17, 15) is 45.6 Å². The summed E-state index contributed by atoms with van der Waals surface area (Å²) in [5.41, 5.74) is -0.791. The molecular formula is C36H52N6O17S4. The Morgan fingerprint density at radius 3 is 2.29 bits per heavy atom. The molecule has 3 atom stereocenters. The molecule has 2 N–H and O–H groups in total. The normalized spacial score (nSPS) is 17.7. The zero-order valence-corrected chi connectivity index (χ0v) is 38.9. The summed E-state index contributed by atoms with van der Waals surface area (Å²) in [5, 5.41) is 4.29. The van der Waals surface area contributed by atoms with Crippen molar-refractivity contribution in [2.24, 2.45) is 5.14 Å². The first-order valence-electron chi connectivity index (χ1n) is 19.6. The summed E-state index contributed by atoms with van der Waals surface area (Å²) in [6.45, 7) is 8.75. The zero-order chi connectivity index (χ0) is 46.7. The average molecular weight is 969 g/mol. The second-order valence-electron chi connectivity index (χ2n) is 15.2. The SMILES string of the molecule is CCN(C(=O)OCOC(=O)CCCC(=O)OCC(=O)N(C[C@@H](COc1nsnc1N1CCOCC1)OC(=O)COC(C)=O)C(C)(C)C)[C@H]1C[C@H](C)S(=O)(=O)c2sc(S(N)(=O)=O)cc21. The van der Waals surface area contributed by atoms with Gasteiger partial charge in [-0.1, -0.05) is 0 Å². The van der Waals surface area contributed by atoms with Gasteiger partial charge in [-0.15, -0.1) is 15.7 Å². The topological polar surface area (TPSA) is 297 Å². The number of fused-ring (bicyclic) bond motifs is 1. The minimum Gasteiger partial charge on any atom is -0.470 e. The molecule has 27 heteroatoms. The first kappa shape index (κ1) is 50.9. The summed E-state index contributed by atoms with van der Waals surface area (Å²) in [7, 11) is -8.12. The van der Waals surface area contributed by atoms with E-state index in [1.807, 2.05) is 4.90 Å². The number of esters is 4. The van der Waals surface area contributed by atoms with Gasteiger partial charge in [0.25, 0.3) is 11.8 Å². The number of rotatable bonds is 20. The molecule has 23 nitrogen and oxygen atoms in total. The molecule has 0 radical (unpaired) electrons. The van der Waals surface area contributed by atoms with Crippen LogP contribution in [0.3, 0.4) is 0 Å². The molecular weight excluding hydrogens is 917 g/mol. The maximum absolute atomic E-state index is 13.5. The Labute approximate surface area is 372 Å². The predicted molar refractivity (Wildman–Crippen MR) is 221 cm³/mol. The van der Waals surface area contributed by atoms with E-state index in [1.54, 1.807) is 27.7 Å². The van der Waals surface area contributed by atoms with Gasteiger partial charge in [0.2, 0.25) is 22.6 Å². The maximum Gasteiger partial charge on any atom is 0.413 e. The third kappa shape index (κ3) is 14.4. The summed E-state index contributed by atoms with van der Waals surface area (Å²) < 4.78 is 94.8. The molecule has 4 heterocycles. The van der Waals surface area contributed by atoms with E-state index < -0.39 is 98.7 Å². The van der Waals surface area contributed by atoms with Gasteiger partial charge in [-0.2, -0.15) is 4.37 Å². The Hall–Kier alpha value is -4.70. The molecule has 0 aromatic carbocycles. The van der Waals surface area contributed by atoms with E-state index in [0.29, 0.717) is 43.5 Å². The lowest BCUT2D eigenvalue weighted by Crippen LogP contribution is -2.52. The number of hydrogen-bond donors (Lipinski definition) is 1. The molecule has 4 rings (SSSR count). The lowest BCUT2D eigenvalue weighted by molar-refractivity contribution is -0.166. The van der Waals surface area contributed by atoms with Gasteiger partial charge in [0.1, 0.15) is 15.0 Å². The molecule has 0 bridgehead atoms. The van der Waals surface area contributed by atoms with Crippen molar-refractivity contribution in [2.45, 2.75) is 98.6 Å². The van der Waals surface area contributed by atoms with Crippen LogP contribution in [0.4, 0.5) is 10.6 Å². The number of thiophene rings is 1. The van der Waals surface area contributed by atoms with Gasteiger partial charge < -0.3 is 47.9 Å². The fourth-order valence-electron chi connectivity index (χ4n) is 6.32. The predicted octanol–water partition coefficient (Wildman–Crippen LogP) is 1.54. The third-order valence-corrected chi connectivity index (χ3v) is 15.3. The number of hydrogen-bond acceptors (Lipinski definition) is 22. The molecule has 0 saturated carbocycles. The number of sulfonamides is 1. The van der Waals surface area contributed by atoms with E-state index in [0.717, 1.165) is 24.7 Å². The van der Waals surface area contributed by atoms with Crippen molar-refractivity contribution < 1.29 is 78.8 Å². The van der Waals surface area contributed by atoms with Crippen molar-refractivity contribution in [3.8, 4) is 5.88 Å². The van der Waals surface area contributed by atoms with Crippen molar-refractivity contribution >= 4 is 84.6 Å². The van der Waals surface area contributed by atoms with Crippen molar-refractivity contribution in [1.29, 1.82) is 0 Å². The lowest BCUT2D eigenvalue weighted by Gasteiger charge is -2.37. The molecule has 1 saturated heterocycles. The fourth-order valence-corrected chi connectivity index (χ4v) is 11.2. The standard InChI is InChI=1S/C36H52N6O17S4/c1-7-41(26-15-22(2)62(49,50)34-25(26)16-31(60-34)63(37,51)52)35(48)58-21-57-29(46)10-8-9-28(45)55-19-27(44)42(36(4,5)6)17-24(59-30(47)20-54-23(3)43)18-56-33-32(38-61-39-33)40-11-13-53-14-12-40/h16,22,24,26H,7-15,17-21H2,1-6H3,(H2,37,51,52)/t22-,24-,26-/m0/s1. The summed E-state index contributed by atoms with van der Waals surface area (Å²) in [6, 6.07) is 0.258. The molecule has 2 aromatic rings. The highest BCUT2D eigenvalue weighted by atomic mass is 32.3. The van der Waals surface area contributed by atoms with Crippen LogP contribution in [0.25, 0.3) is 0 Å². The van der Waals surface area contributed by atoms with E-state index >= 15 is 0 Å². The minimum absolute atomic E-state index is 0.0319. The highest BCUT2D eigenvalue weighted by Crippen LogP contribution is 2.45. The van der Waals surface area contributed by atoms with Crippen LogP contribution in [-0.2, 0) is 72.3 Å². The summed E-state index contributed by atoms with van der Waals surface area (Å²) >= 11 is 1.43. The number of sulfone groups is 1. The molecule has 2 aromatic heterocycles. The minimum atomic E-state index is -4.23. The van der Waals surface area contributed by atoms with Gasteiger partial charge in [-0.05, 0) is 53.5 Å². The smallest absolute Gasteiger partial charge is 0.413 e. The molecule has 2 aliphatic heterocycles. The second kappa shape index (κ2) is 22.3. The molecule has 1 fully saturated rings. The van der Waals surface area contributed by atoms with Gasteiger partial charge in [0.15, 0.2) is 29.2 Å². The van der Waals surface area contributed by atoms with Crippen LogP contribution in [0.15, 0.2) is 14.5 Å². The van der Waals surface area contributed by atoms with Gasteiger partial charge in [-0.25, -0.2) is 31.6 Å². The first-order valence-corrected chi connectivity index (χ1v) is 24.2. The summed E-state index contributed by atoms with van der Waals surface area (Å²) in [4.78, 5) is 79.9. The van der Waals surface area contributed by atoms with Crippen molar-refractivity contribution in [3.63, 3.8) is 0 Å². The highest BCUT2D eigenvalue weighted by Gasteiger charge is 2.43. The lowest BCUT2D eigenvalue weighted by atomic mass is 10.0. The number of ether oxygens (including phenoxy) is 7. The largest absolute Gasteiger partial charge is 0.470 e. The quantitative estimate of drug-likeness (QED) is 0.112. The van der Waals surface area contributed by atoms with E-state index in [2.05, 4.69) is 8.75 Å². The number of carbonyl (C=O) groups excluding carboxylic acids is 6. The van der Waals surface area contributed by atoms with Gasteiger partial charge in [0.05, 0.1) is 42.8 Å². The van der Waals surface area contributed by atoms with E-state index in [4.69, 9.17) is 38.3 Å². The van der Waals surface area contributed by atoms with E-state index in [-0.39, 0.29) is 65.2 Å². The number of carbonyl (C=O) groups is 6. The first-order chi connectivity index (χ1) is 29.5. The van der Waals surface area contributed by atoms with Crippen LogP contribution in [0.5, 0.6) is 5.88 Å². The fraction of sp³-hybridized carbons (Fsp3) is 0.667. The third-order valence-electron chi connectivity index (χ3n) is 9.50. The molecule has 0 unspecified atom stereocenters. The van der Waals surface area contributed by atoms with Crippen LogP contribution in [0, 0.1) is 0 Å². The Balaban J connectivity index is 1.26. The summed E-state index contributed by atoms with van der Waals surface area (Å²) in [5.74, 6) is -3.21. The number of nitrogens with two attached hydrogens (primary N) is 1. The Bertz CT molecular complexity index is 2180. The van der Waals surface area contributed by atoms with Crippen LogP contribution in [0.1, 0.15) is 78.8 Å². The van der Waals surface area contributed by atoms with Crippen LogP contribution in [-0.4, -0.2) is 154 Å². The second-order valence-corrected chi connectivity index (χ2v) is 21.1. The Kier molecular flexibility index (Phi) is 18.0. The Morgan fingerprint density at radius 1 is 1.00 bits per heavy atom. The maximum atomic E-state index is 13.5. The number of nitrogens with zero attached hydrogens (tertiary/aromatic N) is 5. The van der Waals surface area contributed by atoms with Crippen LogP contribution >= 0.6 is 23.1 Å². The molecule has 2 aliphatic rings. The number of amides is 2. The molecule has 63 heavy (non-hydrogen) atoms. The number of morpholine rings is 1. The Morgan fingerprint density at radius 2 is 1.67 bits per heavy atom. The van der Waals surface area contributed by atoms with Gasteiger partial charge in [-0.3, -0.25) is 19.2 Å². The van der Waals surface area contributed by atoms with Crippen LogP contribution in [0.2, 0.25) is 0 Å². The van der Waals surface area contributed by atoms with Gasteiger partial charge in [0, 0.05) is 50.5 Å². The van der Waals surface area contributed by atoms with Gasteiger partial charge >= 0.3 is 30.0 Å². The molecule has 0 spiro atoms. The van der Waals surface area contributed by atoms with Crippen molar-refractivity contribution in [2.75, 3.05) is 70.9 Å². The number of anilines is 1. The number of primary sulfonamides is 1. The van der Waals surface area contributed by atoms with Crippen molar-refractivity contribution in [3.05, 3.63) is 11.6 Å². The van der Waals surface area contributed by atoms with Crippen molar-refractivity contribution in [1.82, 2.24) is 18.5 Å². The highest BCUT2D eigenvalue weighted by molar-refractivity contribution is 7.95. The molecule has 0 aliphatic carbocycles. The average Bonchev–Trinajstić information content (AvgIpc) is 3.89. The zero-order valence-electron chi connectivity index (χ0n) is 35.6. The molecule has 352 valence electrons. The molecule has 2 amide bonds. The van der Waals surface area contributed by atoms with E-state index in [1.165, 1.54) is 16.7 Å². The van der Waals surface area contributed by atoms with Crippen LogP contribution < -0.4 is 14.8 Å². The summed E-state index contributed by atoms with van der Waals surface area (Å²) in [6.07, 6.45) is -2.74.